The maximum absolute atomic E-state index is 12.5. The van der Waals surface area contributed by atoms with Crippen molar-refractivity contribution in [3.63, 3.8) is 0 Å². The summed E-state index contributed by atoms with van der Waals surface area (Å²) in [6.07, 6.45) is 8.25. The van der Waals surface area contributed by atoms with Gasteiger partial charge in [0.15, 0.2) is 0 Å². The number of carbonyl (C=O) groups excluding carboxylic acids is 2. The van der Waals surface area contributed by atoms with Crippen molar-refractivity contribution in [3.05, 3.63) is 0 Å². The fourth-order valence-corrected chi connectivity index (χ4v) is 5.67. The van der Waals surface area contributed by atoms with E-state index in [1.807, 2.05) is 0 Å². The first-order valence-electron chi connectivity index (χ1n) is 12.6. The molecule has 1 heterocycles. The first kappa shape index (κ1) is 28.9. The molecule has 3 unspecified atom stereocenters. The lowest BCUT2D eigenvalue weighted by Crippen LogP contribution is -2.46. The molecule has 0 spiro atoms. The van der Waals surface area contributed by atoms with Gasteiger partial charge in [0.25, 0.3) is 0 Å². The van der Waals surface area contributed by atoms with Crippen LogP contribution in [0, 0.1) is 11.8 Å². The predicted octanol–water partition coefficient (Wildman–Crippen LogP) is 3.35. The van der Waals surface area contributed by atoms with E-state index < -0.39 is 22.0 Å². The van der Waals surface area contributed by atoms with Gasteiger partial charge in [-0.3, -0.25) is 9.59 Å². The number of carbonyl (C=O) groups is 2. The fourth-order valence-electron chi connectivity index (χ4n) is 4.24. The lowest BCUT2D eigenvalue weighted by atomic mass is 9.89. The second-order valence-electron chi connectivity index (χ2n) is 9.68. The zero-order chi connectivity index (χ0) is 24.0. The van der Waals surface area contributed by atoms with Gasteiger partial charge in [0, 0.05) is 18.9 Å². The number of hydrogen-bond donors (Lipinski definition) is 3. The molecule has 4 atom stereocenters. The summed E-state index contributed by atoms with van der Waals surface area (Å²) >= 11 is 0. The molecule has 32 heavy (non-hydrogen) atoms. The third-order valence-corrected chi connectivity index (χ3v) is 8.17. The molecule has 1 saturated heterocycles. The molecular weight excluding hydrogens is 428 g/mol. The van der Waals surface area contributed by atoms with E-state index in [2.05, 4.69) is 24.5 Å². The fraction of sp³-hybridized carbons (Fsp3) is 0.917. The van der Waals surface area contributed by atoms with E-state index in [-0.39, 0.29) is 42.1 Å². The molecule has 1 aliphatic rings. The number of rotatable bonds is 7. The molecule has 1 aliphatic heterocycles. The van der Waals surface area contributed by atoms with Crippen LogP contribution in [0.1, 0.15) is 97.8 Å². The van der Waals surface area contributed by atoms with Gasteiger partial charge in [0.2, 0.25) is 11.8 Å². The van der Waals surface area contributed by atoms with Crippen LogP contribution in [0.2, 0.25) is 0 Å². The van der Waals surface area contributed by atoms with E-state index in [4.69, 9.17) is 0 Å². The molecule has 0 radical (unpaired) electrons. The minimum absolute atomic E-state index is 0.0268. The van der Waals surface area contributed by atoms with Crippen LogP contribution in [-0.2, 0) is 19.4 Å². The van der Waals surface area contributed by atoms with Crippen LogP contribution >= 0.6 is 0 Å². The van der Waals surface area contributed by atoms with Crippen molar-refractivity contribution in [2.45, 2.75) is 110 Å². The molecule has 0 aromatic carbocycles. The van der Waals surface area contributed by atoms with Crippen LogP contribution in [0.4, 0.5) is 0 Å². The minimum atomic E-state index is -3.12. The Bertz CT molecular complexity index is 653. The Hall–Kier alpha value is -1.15. The van der Waals surface area contributed by atoms with Crippen LogP contribution in [0.25, 0.3) is 0 Å². The highest BCUT2D eigenvalue weighted by Gasteiger charge is 2.27. The van der Waals surface area contributed by atoms with E-state index >= 15 is 0 Å². The summed E-state index contributed by atoms with van der Waals surface area (Å²) in [6.45, 7) is 6.64. The highest BCUT2D eigenvalue weighted by atomic mass is 32.2. The van der Waals surface area contributed by atoms with Gasteiger partial charge in [-0.15, -0.1) is 0 Å². The average Bonchev–Trinajstić information content (AvgIpc) is 2.71. The summed E-state index contributed by atoms with van der Waals surface area (Å²) in [5.41, 5.74) is 0. The normalized spacial score (nSPS) is 25.9. The van der Waals surface area contributed by atoms with Crippen molar-refractivity contribution in [1.29, 1.82) is 0 Å². The van der Waals surface area contributed by atoms with Crippen molar-refractivity contribution >= 4 is 21.7 Å². The van der Waals surface area contributed by atoms with Gasteiger partial charge in [-0.25, -0.2) is 8.42 Å². The first-order valence-corrected chi connectivity index (χ1v) is 14.4. The Morgan fingerprint density at radius 2 is 1.81 bits per heavy atom. The number of aliphatic hydroxyl groups is 1. The number of amides is 2. The summed E-state index contributed by atoms with van der Waals surface area (Å²) in [6, 6.07) is -0.437. The van der Waals surface area contributed by atoms with E-state index in [1.165, 1.54) is 0 Å². The van der Waals surface area contributed by atoms with E-state index in [0.717, 1.165) is 44.9 Å². The van der Waals surface area contributed by atoms with Crippen molar-refractivity contribution in [1.82, 2.24) is 10.6 Å². The van der Waals surface area contributed by atoms with Crippen LogP contribution in [-0.4, -0.2) is 55.5 Å². The predicted molar refractivity (Wildman–Crippen MR) is 129 cm³/mol. The van der Waals surface area contributed by atoms with Gasteiger partial charge in [0.1, 0.15) is 9.84 Å². The van der Waals surface area contributed by atoms with E-state index in [9.17, 15) is 23.1 Å². The molecule has 8 heteroatoms. The Balaban J connectivity index is 2.74. The average molecular weight is 475 g/mol. The topological polar surface area (TPSA) is 113 Å². The molecule has 3 N–H and O–H groups in total. The maximum Gasteiger partial charge on any atom is 0.222 e. The number of unbranched alkanes of at least 4 members (excludes halogenated alkanes) is 1. The molecule has 0 saturated carbocycles. The van der Waals surface area contributed by atoms with Gasteiger partial charge in [-0.05, 0) is 38.0 Å². The molecule has 1 rings (SSSR count). The Labute approximate surface area is 195 Å². The lowest BCUT2D eigenvalue weighted by molar-refractivity contribution is -0.125. The van der Waals surface area contributed by atoms with Crippen molar-refractivity contribution in [2.24, 2.45) is 11.8 Å². The highest BCUT2D eigenvalue weighted by Crippen LogP contribution is 2.21. The Morgan fingerprint density at radius 3 is 2.53 bits per heavy atom. The number of aliphatic hydroxyl groups excluding tert-OH is 1. The van der Waals surface area contributed by atoms with Crippen LogP contribution < -0.4 is 10.6 Å². The summed E-state index contributed by atoms with van der Waals surface area (Å²) in [4.78, 5) is 24.8. The van der Waals surface area contributed by atoms with Crippen molar-refractivity contribution in [2.75, 3.05) is 18.1 Å². The quantitative estimate of drug-likeness (QED) is 0.490. The largest absolute Gasteiger partial charge is 0.391 e. The molecule has 0 bridgehead atoms. The standard InChI is InChI=1S/C24H46N2O5S/c1-4-5-14-25-24(29)20(3)18-22(27)21-17-19(2)12-9-7-6-8-10-15-32(30,31)16-11-13-23(28)26-21/h19-22,27H,4-18H2,1-3H3,(H,25,29)(H,26,28)/t19-,20?,21?,22?/m1/s1. The molecule has 0 aromatic rings. The second kappa shape index (κ2) is 15.6. The zero-order valence-electron chi connectivity index (χ0n) is 20.4. The summed E-state index contributed by atoms with van der Waals surface area (Å²) in [7, 11) is -3.12. The summed E-state index contributed by atoms with van der Waals surface area (Å²) in [5, 5.41) is 16.7. The van der Waals surface area contributed by atoms with Gasteiger partial charge in [0.05, 0.1) is 23.7 Å². The monoisotopic (exact) mass is 474 g/mol. The zero-order valence-corrected chi connectivity index (χ0v) is 21.2. The maximum atomic E-state index is 12.5. The molecular formula is C24H46N2O5S. The molecule has 0 aliphatic carbocycles. The second-order valence-corrected chi connectivity index (χ2v) is 12.0. The Kier molecular flexibility index (Phi) is 14.1. The molecule has 1 fully saturated rings. The summed E-state index contributed by atoms with van der Waals surface area (Å²) in [5.74, 6) is -0.0841. The van der Waals surface area contributed by atoms with Gasteiger partial charge in [-0.2, -0.15) is 0 Å². The summed E-state index contributed by atoms with van der Waals surface area (Å²) < 4.78 is 24.3. The third-order valence-electron chi connectivity index (χ3n) is 6.35. The van der Waals surface area contributed by atoms with Crippen LogP contribution in [0.15, 0.2) is 0 Å². The van der Waals surface area contributed by atoms with Crippen LogP contribution in [0.5, 0.6) is 0 Å². The van der Waals surface area contributed by atoms with E-state index in [1.54, 1.807) is 6.92 Å². The Morgan fingerprint density at radius 1 is 1.16 bits per heavy atom. The molecule has 2 amide bonds. The first-order chi connectivity index (χ1) is 15.1. The lowest BCUT2D eigenvalue weighted by Gasteiger charge is -2.28. The van der Waals surface area contributed by atoms with Gasteiger partial charge in [-0.1, -0.05) is 59.3 Å². The van der Waals surface area contributed by atoms with Crippen LogP contribution in [0.3, 0.4) is 0 Å². The molecule has 0 aromatic heterocycles. The molecule has 188 valence electrons. The van der Waals surface area contributed by atoms with Gasteiger partial charge >= 0.3 is 0 Å². The van der Waals surface area contributed by atoms with Gasteiger partial charge < -0.3 is 15.7 Å². The van der Waals surface area contributed by atoms with Crippen molar-refractivity contribution in [3.8, 4) is 0 Å². The SMILES string of the molecule is CCCCNC(=O)C(C)CC(O)C1C[C@H](C)CCCCCCCS(=O)(=O)CCCC(=O)N1. The highest BCUT2D eigenvalue weighted by molar-refractivity contribution is 7.91. The number of hydrogen-bond acceptors (Lipinski definition) is 5. The molecule has 7 nitrogen and oxygen atoms in total. The number of sulfone groups is 1. The minimum Gasteiger partial charge on any atom is -0.391 e. The number of nitrogens with one attached hydrogen (secondary N) is 2. The third kappa shape index (κ3) is 12.8. The van der Waals surface area contributed by atoms with E-state index in [0.29, 0.717) is 31.7 Å². The van der Waals surface area contributed by atoms with Crippen molar-refractivity contribution < 1.29 is 23.1 Å². The smallest absolute Gasteiger partial charge is 0.222 e.